The monoisotopic (exact) mass is 270 g/mol. The van der Waals surface area contributed by atoms with E-state index in [1.807, 2.05) is 42.4 Å². The average molecular weight is 270 g/mol. The molecule has 0 saturated carbocycles. The predicted octanol–water partition coefficient (Wildman–Crippen LogP) is 1.22. The Bertz CT molecular complexity index is 530. The Labute approximate surface area is 118 Å². The second-order valence-electron chi connectivity index (χ2n) is 4.67. The van der Waals surface area contributed by atoms with E-state index in [0.29, 0.717) is 19.6 Å². The van der Waals surface area contributed by atoms with Gasteiger partial charge in [0.25, 0.3) is 0 Å². The van der Waals surface area contributed by atoms with Gasteiger partial charge in [-0.15, -0.1) is 0 Å². The van der Waals surface area contributed by atoms with E-state index in [4.69, 9.17) is 0 Å². The number of nitrogens with zero attached hydrogens (tertiary/aromatic N) is 3. The van der Waals surface area contributed by atoms with Gasteiger partial charge in [-0.05, 0) is 30.3 Å². The van der Waals surface area contributed by atoms with Crippen molar-refractivity contribution < 1.29 is 4.79 Å². The zero-order valence-corrected chi connectivity index (χ0v) is 11.5. The van der Waals surface area contributed by atoms with Crippen LogP contribution in [0.5, 0.6) is 0 Å². The number of likely N-dealkylation sites (N-methyl/N-ethyl adjacent to an activating group) is 1. The zero-order valence-electron chi connectivity index (χ0n) is 11.5. The van der Waals surface area contributed by atoms with Crippen molar-refractivity contribution in [1.29, 1.82) is 0 Å². The number of hydrogen-bond donors (Lipinski definition) is 1. The molecule has 1 amide bonds. The Kier molecular flexibility index (Phi) is 5.20. The smallest absolute Gasteiger partial charge is 0.234 e. The molecule has 0 aromatic carbocycles. The normalized spacial score (nSPS) is 10.5. The SMILES string of the molecule is CN(CC(=O)NCc1cccnc1)Cc1cccnc1. The van der Waals surface area contributed by atoms with Crippen LogP contribution >= 0.6 is 0 Å². The van der Waals surface area contributed by atoms with Crippen LogP contribution in [-0.2, 0) is 17.9 Å². The molecule has 1 N–H and O–H groups in total. The Morgan fingerprint density at radius 2 is 1.80 bits per heavy atom. The molecule has 5 nitrogen and oxygen atoms in total. The zero-order chi connectivity index (χ0) is 14.2. The molecule has 0 aliphatic rings. The summed E-state index contributed by atoms with van der Waals surface area (Å²) in [5, 5.41) is 2.88. The lowest BCUT2D eigenvalue weighted by molar-refractivity contribution is -0.122. The van der Waals surface area contributed by atoms with E-state index >= 15 is 0 Å². The van der Waals surface area contributed by atoms with Crippen LogP contribution < -0.4 is 5.32 Å². The van der Waals surface area contributed by atoms with Crippen molar-refractivity contribution in [2.75, 3.05) is 13.6 Å². The summed E-state index contributed by atoms with van der Waals surface area (Å²) < 4.78 is 0. The molecule has 20 heavy (non-hydrogen) atoms. The third kappa shape index (κ3) is 4.78. The van der Waals surface area contributed by atoms with Gasteiger partial charge < -0.3 is 5.32 Å². The second-order valence-corrected chi connectivity index (χ2v) is 4.67. The summed E-state index contributed by atoms with van der Waals surface area (Å²) in [6.07, 6.45) is 7.01. The number of carbonyl (C=O) groups excluding carboxylic acids is 1. The predicted molar refractivity (Wildman–Crippen MR) is 76.7 cm³/mol. The van der Waals surface area contributed by atoms with E-state index in [-0.39, 0.29) is 5.91 Å². The molecule has 0 unspecified atom stereocenters. The summed E-state index contributed by atoms with van der Waals surface area (Å²) in [5.74, 6) is 0.000225. The minimum Gasteiger partial charge on any atom is -0.351 e. The Morgan fingerprint density at radius 1 is 1.15 bits per heavy atom. The maximum absolute atomic E-state index is 11.8. The fraction of sp³-hybridized carbons (Fsp3) is 0.267. The third-order valence-corrected chi connectivity index (χ3v) is 2.80. The summed E-state index contributed by atoms with van der Waals surface area (Å²) in [5.41, 5.74) is 2.09. The second kappa shape index (κ2) is 7.35. The molecule has 0 aliphatic heterocycles. The molecule has 0 spiro atoms. The first-order valence-electron chi connectivity index (χ1n) is 6.47. The van der Waals surface area contributed by atoms with Crippen molar-refractivity contribution in [3.8, 4) is 0 Å². The quantitative estimate of drug-likeness (QED) is 0.857. The number of amides is 1. The molecule has 104 valence electrons. The van der Waals surface area contributed by atoms with Gasteiger partial charge >= 0.3 is 0 Å². The first kappa shape index (κ1) is 14.1. The van der Waals surface area contributed by atoms with E-state index in [2.05, 4.69) is 15.3 Å². The third-order valence-electron chi connectivity index (χ3n) is 2.80. The number of carbonyl (C=O) groups is 1. The van der Waals surface area contributed by atoms with Gasteiger partial charge in [-0.2, -0.15) is 0 Å². The fourth-order valence-corrected chi connectivity index (χ4v) is 1.86. The maximum atomic E-state index is 11.8. The fourth-order valence-electron chi connectivity index (χ4n) is 1.86. The number of pyridine rings is 2. The number of rotatable bonds is 6. The standard InChI is InChI=1S/C15H18N4O/c1-19(11-14-5-3-7-17-9-14)12-15(20)18-10-13-4-2-6-16-8-13/h2-9H,10-12H2,1H3,(H,18,20). The lowest BCUT2D eigenvalue weighted by atomic mass is 10.2. The van der Waals surface area contributed by atoms with E-state index in [9.17, 15) is 4.79 Å². The average Bonchev–Trinajstić information content (AvgIpc) is 2.47. The lowest BCUT2D eigenvalue weighted by Crippen LogP contribution is -2.34. The molecule has 0 radical (unpaired) electrons. The van der Waals surface area contributed by atoms with Gasteiger partial charge in [0.2, 0.25) is 5.91 Å². The maximum Gasteiger partial charge on any atom is 0.234 e. The van der Waals surface area contributed by atoms with Crippen molar-refractivity contribution in [3.05, 3.63) is 60.2 Å². The van der Waals surface area contributed by atoms with Crippen molar-refractivity contribution >= 4 is 5.91 Å². The van der Waals surface area contributed by atoms with E-state index in [0.717, 1.165) is 11.1 Å². The summed E-state index contributed by atoms with van der Waals surface area (Å²) in [6.45, 7) is 1.57. The number of nitrogens with one attached hydrogen (secondary N) is 1. The van der Waals surface area contributed by atoms with Crippen LogP contribution in [0.2, 0.25) is 0 Å². The molecular formula is C15H18N4O. The van der Waals surface area contributed by atoms with Crippen LogP contribution in [-0.4, -0.2) is 34.4 Å². The van der Waals surface area contributed by atoms with Crippen molar-refractivity contribution in [2.24, 2.45) is 0 Å². The van der Waals surface area contributed by atoms with E-state index in [1.165, 1.54) is 0 Å². The van der Waals surface area contributed by atoms with Crippen molar-refractivity contribution in [2.45, 2.75) is 13.1 Å². The Morgan fingerprint density at radius 3 is 2.40 bits per heavy atom. The van der Waals surface area contributed by atoms with Crippen LogP contribution in [0.3, 0.4) is 0 Å². The van der Waals surface area contributed by atoms with Crippen LogP contribution in [0.1, 0.15) is 11.1 Å². The summed E-state index contributed by atoms with van der Waals surface area (Å²) in [6, 6.07) is 7.69. The highest BCUT2D eigenvalue weighted by Crippen LogP contribution is 2.00. The summed E-state index contributed by atoms with van der Waals surface area (Å²) in [4.78, 5) is 21.9. The molecule has 0 saturated heterocycles. The molecule has 2 aromatic heterocycles. The molecule has 5 heteroatoms. The Balaban J connectivity index is 1.74. The lowest BCUT2D eigenvalue weighted by Gasteiger charge is -2.16. The van der Waals surface area contributed by atoms with Gasteiger partial charge in [-0.1, -0.05) is 12.1 Å². The summed E-state index contributed by atoms with van der Waals surface area (Å²) in [7, 11) is 1.91. The Hall–Kier alpha value is -2.27. The van der Waals surface area contributed by atoms with Gasteiger partial charge in [0.05, 0.1) is 6.54 Å². The highest BCUT2D eigenvalue weighted by molar-refractivity contribution is 5.77. The molecule has 0 bridgehead atoms. The van der Waals surface area contributed by atoms with Crippen molar-refractivity contribution in [3.63, 3.8) is 0 Å². The van der Waals surface area contributed by atoms with Gasteiger partial charge in [-0.25, -0.2) is 0 Å². The van der Waals surface area contributed by atoms with E-state index < -0.39 is 0 Å². The van der Waals surface area contributed by atoms with Crippen LogP contribution in [0.4, 0.5) is 0 Å². The van der Waals surface area contributed by atoms with Crippen LogP contribution in [0.25, 0.3) is 0 Å². The molecule has 2 rings (SSSR count). The molecule has 2 aromatic rings. The number of hydrogen-bond acceptors (Lipinski definition) is 4. The molecule has 0 fully saturated rings. The van der Waals surface area contributed by atoms with Gasteiger partial charge in [0, 0.05) is 37.9 Å². The van der Waals surface area contributed by atoms with Crippen LogP contribution in [0, 0.1) is 0 Å². The molecule has 2 heterocycles. The first-order valence-corrected chi connectivity index (χ1v) is 6.47. The topological polar surface area (TPSA) is 58.1 Å². The van der Waals surface area contributed by atoms with Gasteiger partial charge in [0.1, 0.15) is 0 Å². The van der Waals surface area contributed by atoms with Crippen LogP contribution in [0.15, 0.2) is 49.1 Å². The summed E-state index contributed by atoms with van der Waals surface area (Å²) >= 11 is 0. The van der Waals surface area contributed by atoms with Gasteiger partial charge in [-0.3, -0.25) is 19.7 Å². The minimum atomic E-state index is 0.000225. The first-order chi connectivity index (χ1) is 9.74. The highest BCUT2D eigenvalue weighted by atomic mass is 16.2. The highest BCUT2D eigenvalue weighted by Gasteiger charge is 2.07. The van der Waals surface area contributed by atoms with Crippen molar-refractivity contribution in [1.82, 2.24) is 20.2 Å². The largest absolute Gasteiger partial charge is 0.351 e. The number of aromatic nitrogens is 2. The minimum absolute atomic E-state index is 0.000225. The van der Waals surface area contributed by atoms with Gasteiger partial charge in [0.15, 0.2) is 0 Å². The molecular weight excluding hydrogens is 252 g/mol. The molecule has 0 atom stereocenters. The molecule has 0 aliphatic carbocycles. The van der Waals surface area contributed by atoms with E-state index in [1.54, 1.807) is 18.6 Å².